The fourth-order valence-electron chi connectivity index (χ4n) is 2.68. The van der Waals surface area contributed by atoms with Gasteiger partial charge in [0.25, 0.3) is 11.8 Å². The molecule has 0 aliphatic heterocycles. The van der Waals surface area contributed by atoms with Crippen LogP contribution in [-0.2, 0) is 6.54 Å². The summed E-state index contributed by atoms with van der Waals surface area (Å²) in [6.07, 6.45) is 1.51. The Bertz CT molecular complexity index is 1150. The van der Waals surface area contributed by atoms with E-state index >= 15 is 0 Å². The van der Waals surface area contributed by atoms with E-state index in [1.54, 1.807) is 60.7 Å². The largest absolute Gasteiger partial charge is 0.459 e. The third kappa shape index (κ3) is 4.19. The van der Waals surface area contributed by atoms with Gasteiger partial charge in [-0.1, -0.05) is 18.2 Å². The molecule has 2 aromatic heterocycles. The monoisotopic (exact) mass is 390 g/mol. The molecule has 0 saturated carbocycles. The number of hydrogen-bond acceptors (Lipinski definition) is 7. The molecular formula is C20H14N4O5. The summed E-state index contributed by atoms with van der Waals surface area (Å²) >= 11 is 0. The van der Waals surface area contributed by atoms with E-state index < -0.39 is 4.92 Å². The van der Waals surface area contributed by atoms with Crippen LogP contribution >= 0.6 is 0 Å². The maximum absolute atomic E-state index is 12.4. The number of nitrogens with zero attached hydrogens (tertiary/aromatic N) is 3. The molecule has 4 aromatic rings. The van der Waals surface area contributed by atoms with Crippen LogP contribution < -0.4 is 5.32 Å². The summed E-state index contributed by atoms with van der Waals surface area (Å²) in [5, 5.41) is 21.3. The average molecular weight is 390 g/mol. The molecule has 0 radical (unpaired) electrons. The molecule has 0 spiro atoms. The predicted octanol–water partition coefficient (Wildman–Crippen LogP) is 4.03. The molecule has 1 N–H and O–H groups in total. The zero-order valence-corrected chi connectivity index (χ0v) is 14.9. The number of carbonyl (C=O) groups excluding carboxylic acids is 1. The standard InChI is InChI=1S/C20H14N4O5/c25-18(14-8-6-13(7-9-14)12-24(26)27)21-16-4-1-3-15(11-16)19-22-23-20(29-19)17-5-2-10-28-17/h1-11H,12H2,(H,21,25). The summed E-state index contributed by atoms with van der Waals surface area (Å²) in [6.45, 7) is -0.284. The molecule has 4 rings (SSSR count). The number of nitrogens with one attached hydrogen (secondary N) is 1. The van der Waals surface area contributed by atoms with Gasteiger partial charge in [0.15, 0.2) is 5.76 Å². The maximum atomic E-state index is 12.4. The van der Waals surface area contributed by atoms with Crippen LogP contribution in [0.5, 0.6) is 0 Å². The predicted molar refractivity (Wildman–Crippen MR) is 103 cm³/mol. The van der Waals surface area contributed by atoms with E-state index in [2.05, 4.69) is 15.5 Å². The Labute approximate surface area is 164 Å². The number of anilines is 1. The molecule has 0 aliphatic carbocycles. The van der Waals surface area contributed by atoms with Crippen molar-refractivity contribution in [2.24, 2.45) is 0 Å². The van der Waals surface area contributed by atoms with Crippen LogP contribution in [0.4, 0.5) is 5.69 Å². The molecule has 0 atom stereocenters. The van der Waals surface area contributed by atoms with Crippen molar-refractivity contribution in [3.05, 3.63) is 88.2 Å². The highest BCUT2D eigenvalue weighted by Gasteiger charge is 2.14. The molecule has 2 heterocycles. The van der Waals surface area contributed by atoms with Crippen molar-refractivity contribution in [2.75, 3.05) is 5.32 Å². The topological polar surface area (TPSA) is 124 Å². The summed E-state index contributed by atoms with van der Waals surface area (Å²) in [4.78, 5) is 22.6. The van der Waals surface area contributed by atoms with E-state index in [-0.39, 0.29) is 24.2 Å². The molecule has 0 saturated heterocycles. The second-order valence-electron chi connectivity index (χ2n) is 6.11. The van der Waals surface area contributed by atoms with Gasteiger partial charge in [-0.3, -0.25) is 14.9 Å². The molecule has 0 unspecified atom stereocenters. The maximum Gasteiger partial charge on any atom is 0.283 e. The minimum Gasteiger partial charge on any atom is -0.459 e. The van der Waals surface area contributed by atoms with Gasteiger partial charge in [-0.25, -0.2) is 0 Å². The summed E-state index contributed by atoms with van der Waals surface area (Å²) in [5.41, 5.74) is 2.09. The zero-order valence-electron chi connectivity index (χ0n) is 14.9. The molecule has 1 amide bonds. The van der Waals surface area contributed by atoms with E-state index in [1.807, 2.05) is 0 Å². The first-order valence-electron chi connectivity index (χ1n) is 8.58. The first kappa shape index (κ1) is 18.1. The zero-order chi connectivity index (χ0) is 20.2. The molecule has 9 nitrogen and oxygen atoms in total. The Morgan fingerprint density at radius 3 is 2.55 bits per heavy atom. The number of benzene rings is 2. The first-order chi connectivity index (χ1) is 14.1. The highest BCUT2D eigenvalue weighted by Crippen LogP contribution is 2.26. The van der Waals surface area contributed by atoms with E-state index in [1.165, 1.54) is 6.26 Å². The SMILES string of the molecule is O=C(Nc1cccc(-c2nnc(-c3ccco3)o2)c1)c1ccc(C[N+](=O)[O-])cc1. The molecule has 0 fully saturated rings. The number of aromatic nitrogens is 2. The lowest BCUT2D eigenvalue weighted by atomic mass is 10.1. The third-order valence-corrected chi connectivity index (χ3v) is 4.05. The fourth-order valence-corrected chi connectivity index (χ4v) is 2.68. The van der Waals surface area contributed by atoms with E-state index in [9.17, 15) is 14.9 Å². The van der Waals surface area contributed by atoms with Gasteiger partial charge in [-0.05, 0) is 42.5 Å². The summed E-state index contributed by atoms with van der Waals surface area (Å²) < 4.78 is 10.9. The Balaban J connectivity index is 1.49. The third-order valence-electron chi connectivity index (χ3n) is 4.05. The van der Waals surface area contributed by atoms with Crippen LogP contribution in [0.25, 0.3) is 23.1 Å². The lowest BCUT2D eigenvalue weighted by Crippen LogP contribution is -2.12. The van der Waals surface area contributed by atoms with Crippen molar-refractivity contribution in [3.63, 3.8) is 0 Å². The molecule has 2 aromatic carbocycles. The molecule has 0 bridgehead atoms. The van der Waals surface area contributed by atoms with Crippen LogP contribution in [0.15, 0.2) is 75.8 Å². The van der Waals surface area contributed by atoms with Crippen LogP contribution in [0.3, 0.4) is 0 Å². The van der Waals surface area contributed by atoms with Crippen molar-refractivity contribution in [1.29, 1.82) is 0 Å². The molecule has 144 valence electrons. The van der Waals surface area contributed by atoms with Crippen molar-refractivity contribution >= 4 is 11.6 Å². The number of rotatable bonds is 6. The number of carbonyl (C=O) groups is 1. The molecule has 0 aliphatic rings. The van der Waals surface area contributed by atoms with Crippen molar-refractivity contribution in [2.45, 2.75) is 6.54 Å². The van der Waals surface area contributed by atoms with Crippen molar-refractivity contribution in [3.8, 4) is 23.1 Å². The second kappa shape index (κ2) is 7.77. The smallest absolute Gasteiger partial charge is 0.283 e. The van der Waals surface area contributed by atoms with Crippen LogP contribution in [0.1, 0.15) is 15.9 Å². The van der Waals surface area contributed by atoms with E-state index in [0.29, 0.717) is 28.1 Å². The summed E-state index contributed by atoms with van der Waals surface area (Å²) in [5.74, 6) is 0.677. The van der Waals surface area contributed by atoms with E-state index in [0.717, 1.165) is 0 Å². The van der Waals surface area contributed by atoms with Crippen LogP contribution in [0.2, 0.25) is 0 Å². The van der Waals surface area contributed by atoms with Crippen LogP contribution in [-0.4, -0.2) is 21.0 Å². The van der Waals surface area contributed by atoms with Crippen molar-refractivity contribution in [1.82, 2.24) is 10.2 Å². The summed E-state index contributed by atoms with van der Waals surface area (Å²) in [7, 11) is 0. The van der Waals surface area contributed by atoms with E-state index in [4.69, 9.17) is 8.83 Å². The van der Waals surface area contributed by atoms with Gasteiger partial charge < -0.3 is 14.2 Å². The quantitative estimate of drug-likeness (QED) is 0.389. The average Bonchev–Trinajstić information content (AvgIpc) is 3.40. The molecule has 9 heteroatoms. The van der Waals surface area contributed by atoms with Gasteiger partial charge in [0, 0.05) is 27.3 Å². The van der Waals surface area contributed by atoms with Gasteiger partial charge >= 0.3 is 0 Å². The minimum absolute atomic E-state index is 0.259. The highest BCUT2D eigenvalue weighted by molar-refractivity contribution is 6.04. The Kier molecular flexibility index (Phi) is 4.85. The van der Waals surface area contributed by atoms with Gasteiger partial charge in [0.2, 0.25) is 12.4 Å². The number of nitro groups is 1. The fraction of sp³-hybridized carbons (Fsp3) is 0.0500. The lowest BCUT2D eigenvalue weighted by Gasteiger charge is -2.06. The van der Waals surface area contributed by atoms with Gasteiger partial charge in [-0.2, -0.15) is 0 Å². The number of amides is 1. The normalized spacial score (nSPS) is 10.6. The van der Waals surface area contributed by atoms with Crippen LogP contribution in [0, 0.1) is 10.1 Å². The van der Waals surface area contributed by atoms with Gasteiger partial charge in [-0.15, -0.1) is 10.2 Å². The Morgan fingerprint density at radius 1 is 1.03 bits per heavy atom. The van der Waals surface area contributed by atoms with Gasteiger partial charge in [0.05, 0.1) is 6.26 Å². The first-order valence-corrected chi connectivity index (χ1v) is 8.58. The van der Waals surface area contributed by atoms with Crippen molar-refractivity contribution < 1.29 is 18.6 Å². The summed E-state index contributed by atoms with van der Waals surface area (Å²) in [6, 6.07) is 16.6. The lowest BCUT2D eigenvalue weighted by molar-refractivity contribution is -0.496. The second-order valence-corrected chi connectivity index (χ2v) is 6.11. The highest BCUT2D eigenvalue weighted by atomic mass is 16.6. The Hall–Kier alpha value is -4.27. The number of furan rings is 1. The van der Waals surface area contributed by atoms with Gasteiger partial charge in [0.1, 0.15) is 0 Å². The minimum atomic E-state index is -0.421. The molecule has 29 heavy (non-hydrogen) atoms. The number of hydrogen-bond donors (Lipinski definition) is 1. The Morgan fingerprint density at radius 2 is 1.83 bits per heavy atom. The molecular weight excluding hydrogens is 376 g/mol.